The molecule has 5 nitrogen and oxygen atoms in total. The van der Waals surface area contributed by atoms with E-state index < -0.39 is 6.10 Å². The Morgan fingerprint density at radius 2 is 1.46 bits per heavy atom. The Bertz CT molecular complexity index is 705. The van der Waals surface area contributed by atoms with Gasteiger partial charge in [-0.2, -0.15) is 0 Å². The zero-order valence-electron chi connectivity index (χ0n) is 15.8. The molecular formula is C21H26F2N2O3. The van der Waals surface area contributed by atoms with Crippen LogP contribution < -0.4 is 9.64 Å². The van der Waals surface area contributed by atoms with Gasteiger partial charge in [0.15, 0.2) is 0 Å². The number of rotatable bonds is 9. The van der Waals surface area contributed by atoms with Crippen molar-refractivity contribution in [3.05, 3.63) is 60.2 Å². The highest BCUT2D eigenvalue weighted by Gasteiger charge is 2.19. The van der Waals surface area contributed by atoms with Crippen molar-refractivity contribution < 1.29 is 23.4 Å². The average Bonchev–Trinajstić information content (AvgIpc) is 2.70. The van der Waals surface area contributed by atoms with Gasteiger partial charge in [0.25, 0.3) is 0 Å². The summed E-state index contributed by atoms with van der Waals surface area (Å²) < 4.78 is 36.7. The van der Waals surface area contributed by atoms with Crippen LogP contribution in [0.2, 0.25) is 0 Å². The van der Waals surface area contributed by atoms with Gasteiger partial charge >= 0.3 is 0 Å². The van der Waals surface area contributed by atoms with Crippen LogP contribution in [-0.4, -0.2) is 68.7 Å². The maximum atomic E-state index is 13.0. The lowest BCUT2D eigenvalue weighted by Crippen LogP contribution is -2.49. The number of anilines is 1. The van der Waals surface area contributed by atoms with Gasteiger partial charge < -0.3 is 19.5 Å². The fourth-order valence-corrected chi connectivity index (χ4v) is 3.16. The van der Waals surface area contributed by atoms with E-state index in [9.17, 15) is 13.9 Å². The minimum absolute atomic E-state index is 0.228. The van der Waals surface area contributed by atoms with Gasteiger partial charge in [-0.1, -0.05) is 0 Å². The van der Waals surface area contributed by atoms with Crippen molar-refractivity contribution in [1.29, 1.82) is 0 Å². The molecule has 1 aliphatic heterocycles. The van der Waals surface area contributed by atoms with Gasteiger partial charge in [0.05, 0.1) is 19.3 Å². The van der Waals surface area contributed by atoms with Crippen LogP contribution in [0, 0.1) is 11.6 Å². The van der Waals surface area contributed by atoms with Gasteiger partial charge in [0, 0.05) is 38.4 Å². The molecule has 1 aliphatic rings. The number of piperazine rings is 1. The minimum atomic E-state index is -0.566. The van der Waals surface area contributed by atoms with Crippen LogP contribution in [0.4, 0.5) is 14.5 Å². The zero-order valence-corrected chi connectivity index (χ0v) is 15.8. The Kier molecular flexibility index (Phi) is 7.59. The summed E-state index contributed by atoms with van der Waals surface area (Å²) in [5.41, 5.74) is 1.02. The summed E-state index contributed by atoms with van der Waals surface area (Å²) in [5, 5.41) is 10.2. The molecule has 1 N–H and O–H groups in total. The van der Waals surface area contributed by atoms with E-state index in [1.807, 2.05) is 0 Å². The topological polar surface area (TPSA) is 45.2 Å². The number of β-amino-alcohol motifs (C(OH)–C–C–N with tert-alkyl or cyclic N) is 1. The van der Waals surface area contributed by atoms with E-state index in [-0.39, 0.29) is 18.2 Å². The van der Waals surface area contributed by atoms with E-state index >= 15 is 0 Å². The van der Waals surface area contributed by atoms with Crippen LogP contribution >= 0.6 is 0 Å². The third kappa shape index (κ3) is 6.44. The summed E-state index contributed by atoms with van der Waals surface area (Å²) in [6, 6.07) is 12.4. The molecular weight excluding hydrogens is 366 g/mol. The molecule has 0 aromatic heterocycles. The van der Waals surface area contributed by atoms with Crippen LogP contribution in [0.25, 0.3) is 0 Å². The second kappa shape index (κ2) is 10.4. The molecule has 1 fully saturated rings. The first kappa shape index (κ1) is 20.5. The first-order chi connectivity index (χ1) is 13.6. The lowest BCUT2D eigenvalue weighted by molar-refractivity contribution is 0.00717. The molecule has 0 spiro atoms. The smallest absolute Gasteiger partial charge is 0.123 e. The minimum Gasteiger partial charge on any atom is -0.491 e. The SMILES string of the molecule is OC(COCCOc1ccc(F)cc1)CN1CCN(c2ccc(F)cc2)CC1. The number of nitrogens with zero attached hydrogens (tertiary/aromatic N) is 2. The Morgan fingerprint density at radius 1 is 0.857 bits per heavy atom. The molecule has 7 heteroatoms. The predicted molar refractivity (Wildman–Crippen MR) is 104 cm³/mol. The maximum Gasteiger partial charge on any atom is 0.123 e. The lowest BCUT2D eigenvalue weighted by atomic mass is 10.2. The average molecular weight is 392 g/mol. The Morgan fingerprint density at radius 3 is 2.11 bits per heavy atom. The summed E-state index contributed by atoms with van der Waals surface area (Å²) in [4.78, 5) is 4.41. The van der Waals surface area contributed by atoms with E-state index in [1.54, 1.807) is 24.3 Å². The van der Waals surface area contributed by atoms with E-state index in [2.05, 4.69) is 9.80 Å². The predicted octanol–water partition coefficient (Wildman–Crippen LogP) is 2.54. The van der Waals surface area contributed by atoms with Crippen LogP contribution in [0.1, 0.15) is 0 Å². The quantitative estimate of drug-likeness (QED) is 0.665. The molecule has 1 heterocycles. The van der Waals surface area contributed by atoms with Gasteiger partial charge in [-0.15, -0.1) is 0 Å². The van der Waals surface area contributed by atoms with Crippen LogP contribution in [-0.2, 0) is 4.74 Å². The van der Waals surface area contributed by atoms with Gasteiger partial charge in [0.2, 0.25) is 0 Å². The molecule has 152 valence electrons. The fourth-order valence-electron chi connectivity index (χ4n) is 3.16. The molecule has 2 aromatic carbocycles. The summed E-state index contributed by atoms with van der Waals surface area (Å²) in [6.45, 7) is 4.84. The van der Waals surface area contributed by atoms with Crippen molar-refractivity contribution in [2.45, 2.75) is 6.10 Å². The summed E-state index contributed by atoms with van der Waals surface area (Å²) in [6.07, 6.45) is -0.566. The van der Waals surface area contributed by atoms with Gasteiger partial charge in [-0.25, -0.2) is 8.78 Å². The van der Waals surface area contributed by atoms with Crippen molar-refractivity contribution >= 4 is 5.69 Å². The molecule has 1 saturated heterocycles. The number of benzene rings is 2. The highest BCUT2D eigenvalue weighted by Crippen LogP contribution is 2.17. The third-order valence-corrected chi connectivity index (χ3v) is 4.65. The second-order valence-electron chi connectivity index (χ2n) is 6.80. The van der Waals surface area contributed by atoms with E-state index in [0.717, 1.165) is 31.9 Å². The van der Waals surface area contributed by atoms with Gasteiger partial charge in [0.1, 0.15) is 24.0 Å². The first-order valence-electron chi connectivity index (χ1n) is 9.47. The molecule has 2 aromatic rings. The van der Waals surface area contributed by atoms with Crippen molar-refractivity contribution in [2.75, 3.05) is 57.4 Å². The molecule has 28 heavy (non-hydrogen) atoms. The van der Waals surface area contributed by atoms with Crippen LogP contribution in [0.15, 0.2) is 48.5 Å². The van der Waals surface area contributed by atoms with E-state index in [1.165, 1.54) is 24.3 Å². The Labute approximate surface area is 164 Å². The number of ether oxygens (including phenoxy) is 2. The molecule has 0 saturated carbocycles. The first-order valence-corrected chi connectivity index (χ1v) is 9.47. The van der Waals surface area contributed by atoms with Crippen molar-refractivity contribution in [3.63, 3.8) is 0 Å². The summed E-state index contributed by atoms with van der Waals surface area (Å²) >= 11 is 0. The number of hydrogen-bond donors (Lipinski definition) is 1. The number of hydrogen-bond acceptors (Lipinski definition) is 5. The molecule has 1 unspecified atom stereocenters. The molecule has 0 radical (unpaired) electrons. The molecule has 3 rings (SSSR count). The normalized spacial score (nSPS) is 16.2. The van der Waals surface area contributed by atoms with Crippen molar-refractivity contribution in [1.82, 2.24) is 4.90 Å². The molecule has 1 atom stereocenters. The van der Waals surface area contributed by atoms with Crippen molar-refractivity contribution in [3.8, 4) is 5.75 Å². The summed E-state index contributed by atoms with van der Waals surface area (Å²) in [5.74, 6) is 0.0587. The third-order valence-electron chi connectivity index (χ3n) is 4.65. The second-order valence-corrected chi connectivity index (χ2v) is 6.80. The van der Waals surface area contributed by atoms with E-state index in [0.29, 0.717) is 25.5 Å². The maximum absolute atomic E-state index is 13.0. The molecule has 0 aliphatic carbocycles. The Hall–Kier alpha value is -2.22. The zero-order chi connectivity index (χ0) is 19.8. The van der Waals surface area contributed by atoms with Gasteiger partial charge in [-0.05, 0) is 48.5 Å². The van der Waals surface area contributed by atoms with Crippen LogP contribution in [0.3, 0.4) is 0 Å². The number of aliphatic hydroxyl groups excluding tert-OH is 1. The van der Waals surface area contributed by atoms with Crippen molar-refractivity contribution in [2.24, 2.45) is 0 Å². The van der Waals surface area contributed by atoms with Gasteiger partial charge in [-0.3, -0.25) is 4.90 Å². The largest absolute Gasteiger partial charge is 0.491 e. The summed E-state index contributed by atoms with van der Waals surface area (Å²) in [7, 11) is 0. The molecule has 0 amide bonds. The van der Waals surface area contributed by atoms with Crippen LogP contribution in [0.5, 0.6) is 5.75 Å². The highest BCUT2D eigenvalue weighted by molar-refractivity contribution is 5.46. The highest BCUT2D eigenvalue weighted by atomic mass is 19.1. The molecule has 0 bridgehead atoms. The standard InChI is InChI=1S/C21H26F2N2O3/c22-17-1-5-19(6-2-17)25-11-9-24(10-12-25)15-20(26)16-27-13-14-28-21-7-3-18(23)4-8-21/h1-8,20,26H,9-16H2. The monoisotopic (exact) mass is 392 g/mol. The van der Waals surface area contributed by atoms with E-state index in [4.69, 9.17) is 9.47 Å². The number of aliphatic hydroxyl groups is 1. The number of halogens is 2. The fraction of sp³-hybridized carbons (Fsp3) is 0.429. The lowest BCUT2D eigenvalue weighted by Gasteiger charge is -2.36. The Balaban J connectivity index is 1.27.